The van der Waals surface area contributed by atoms with Crippen LogP contribution in [0.5, 0.6) is 0 Å². The van der Waals surface area contributed by atoms with E-state index in [1.54, 1.807) is 5.32 Å². The first kappa shape index (κ1) is 16.7. The number of hydrogen-bond acceptors (Lipinski definition) is 4. The summed E-state index contributed by atoms with van der Waals surface area (Å²) in [6.45, 7) is 0.499. The van der Waals surface area contributed by atoms with Gasteiger partial charge in [-0.2, -0.15) is 13.2 Å². The lowest BCUT2D eigenvalue weighted by molar-refractivity contribution is -0.144. The molecule has 0 aliphatic heterocycles. The van der Waals surface area contributed by atoms with Crippen molar-refractivity contribution in [2.24, 2.45) is 0 Å². The van der Waals surface area contributed by atoms with Crippen LogP contribution in [0.25, 0.3) is 0 Å². The van der Waals surface area contributed by atoms with E-state index >= 15 is 0 Å². The minimum Gasteiger partial charge on any atom is -0.468 e. The van der Waals surface area contributed by atoms with E-state index in [2.05, 4.69) is 4.74 Å². The smallest absolute Gasteiger partial charge is 0.405 e. The minimum absolute atomic E-state index is 0.121. The number of carbonyl (C=O) groups is 2. The maximum Gasteiger partial charge on any atom is 0.405 e. The molecular formula is C10H17F3N2O3. The van der Waals surface area contributed by atoms with Gasteiger partial charge in [-0.3, -0.25) is 14.5 Å². The van der Waals surface area contributed by atoms with Gasteiger partial charge in [0.2, 0.25) is 5.91 Å². The zero-order chi connectivity index (χ0) is 14.2. The molecule has 0 spiro atoms. The number of nitrogens with zero attached hydrogens (tertiary/aromatic N) is 1. The summed E-state index contributed by atoms with van der Waals surface area (Å²) < 4.78 is 40.0. The van der Waals surface area contributed by atoms with Crippen LogP contribution in [-0.2, 0) is 14.3 Å². The number of carbonyl (C=O) groups excluding carboxylic acids is 2. The van der Waals surface area contributed by atoms with Gasteiger partial charge in [-0.1, -0.05) is 6.92 Å². The number of hydrogen-bond donors (Lipinski definition) is 1. The predicted octanol–water partition coefficient (Wildman–Crippen LogP) is 0.550. The summed E-state index contributed by atoms with van der Waals surface area (Å²) in [6, 6.07) is 0. The first-order valence-corrected chi connectivity index (χ1v) is 5.41. The molecular weight excluding hydrogens is 253 g/mol. The van der Waals surface area contributed by atoms with Gasteiger partial charge < -0.3 is 10.1 Å². The van der Waals surface area contributed by atoms with E-state index in [0.29, 0.717) is 13.0 Å². The van der Waals surface area contributed by atoms with Gasteiger partial charge in [0.25, 0.3) is 0 Å². The van der Waals surface area contributed by atoms with Crippen LogP contribution in [0.15, 0.2) is 0 Å². The Morgan fingerprint density at radius 1 is 1.28 bits per heavy atom. The maximum atomic E-state index is 11.9. The highest BCUT2D eigenvalue weighted by Gasteiger charge is 2.28. The Balaban J connectivity index is 4.15. The van der Waals surface area contributed by atoms with Crippen molar-refractivity contribution in [3.05, 3.63) is 0 Å². The summed E-state index contributed by atoms with van der Waals surface area (Å²) in [5.41, 5.74) is 0. The Morgan fingerprint density at radius 3 is 2.33 bits per heavy atom. The minimum atomic E-state index is -4.44. The van der Waals surface area contributed by atoms with Gasteiger partial charge >= 0.3 is 12.1 Å². The highest BCUT2D eigenvalue weighted by Crippen LogP contribution is 2.11. The fourth-order valence-corrected chi connectivity index (χ4v) is 1.24. The molecule has 1 N–H and O–H groups in total. The third-order valence-corrected chi connectivity index (χ3v) is 1.97. The normalized spacial score (nSPS) is 11.4. The molecule has 0 unspecified atom stereocenters. The Labute approximate surface area is 103 Å². The quantitative estimate of drug-likeness (QED) is 0.686. The summed E-state index contributed by atoms with van der Waals surface area (Å²) in [4.78, 5) is 23.7. The summed E-state index contributed by atoms with van der Waals surface area (Å²) in [7, 11) is 1.20. The average molecular weight is 270 g/mol. The maximum absolute atomic E-state index is 11.9. The number of halogens is 3. The SMILES string of the molecule is CCCN(CC(=O)NCC(F)(F)F)CC(=O)OC. The van der Waals surface area contributed by atoms with Crippen molar-refractivity contribution in [2.45, 2.75) is 19.5 Å². The van der Waals surface area contributed by atoms with Crippen LogP contribution in [-0.4, -0.2) is 56.2 Å². The lowest BCUT2D eigenvalue weighted by Crippen LogP contribution is -2.43. The Bertz CT molecular complexity index is 282. The van der Waals surface area contributed by atoms with Gasteiger partial charge in [-0.15, -0.1) is 0 Å². The van der Waals surface area contributed by atoms with Gasteiger partial charge in [0.1, 0.15) is 6.54 Å². The number of ether oxygens (including phenoxy) is 1. The Kier molecular flexibility index (Phi) is 7.33. The molecule has 8 heteroatoms. The molecule has 0 aromatic rings. The van der Waals surface area contributed by atoms with Gasteiger partial charge in [0, 0.05) is 0 Å². The largest absolute Gasteiger partial charge is 0.468 e. The van der Waals surface area contributed by atoms with Crippen molar-refractivity contribution in [3.63, 3.8) is 0 Å². The number of amides is 1. The highest BCUT2D eigenvalue weighted by atomic mass is 19.4. The average Bonchev–Trinajstić information content (AvgIpc) is 2.25. The molecule has 0 heterocycles. The third kappa shape index (κ3) is 8.80. The zero-order valence-corrected chi connectivity index (χ0v) is 10.3. The van der Waals surface area contributed by atoms with Crippen LogP contribution >= 0.6 is 0 Å². The molecule has 0 bridgehead atoms. The summed E-state index contributed by atoms with van der Waals surface area (Å²) in [6.07, 6.45) is -3.77. The van der Waals surface area contributed by atoms with Crippen molar-refractivity contribution in [1.82, 2.24) is 10.2 Å². The first-order chi connectivity index (χ1) is 8.28. The Hall–Kier alpha value is -1.31. The zero-order valence-electron chi connectivity index (χ0n) is 10.3. The summed E-state index contributed by atoms with van der Waals surface area (Å²) in [5.74, 6) is -1.31. The van der Waals surface area contributed by atoms with E-state index in [9.17, 15) is 22.8 Å². The van der Waals surface area contributed by atoms with Gasteiger partial charge in [-0.05, 0) is 13.0 Å². The number of esters is 1. The highest BCUT2D eigenvalue weighted by molar-refractivity contribution is 5.79. The third-order valence-electron chi connectivity index (χ3n) is 1.97. The molecule has 0 aliphatic rings. The van der Waals surface area contributed by atoms with Crippen LogP contribution in [0.2, 0.25) is 0 Å². The molecule has 0 aromatic heterocycles. The number of alkyl halides is 3. The molecule has 0 aliphatic carbocycles. The standard InChI is InChI=1S/C10H17F3N2O3/c1-3-4-15(6-9(17)18-2)5-8(16)14-7-10(11,12)13/h3-7H2,1-2H3,(H,14,16). The van der Waals surface area contributed by atoms with Crippen LogP contribution < -0.4 is 5.32 Å². The van der Waals surface area contributed by atoms with E-state index in [4.69, 9.17) is 0 Å². The summed E-state index contributed by atoms with van der Waals surface area (Å²) in [5, 5.41) is 1.75. The van der Waals surface area contributed by atoms with E-state index in [0.717, 1.165) is 0 Å². The van der Waals surface area contributed by atoms with Crippen LogP contribution in [0, 0.1) is 0 Å². The summed E-state index contributed by atoms with van der Waals surface area (Å²) >= 11 is 0. The molecule has 5 nitrogen and oxygen atoms in total. The second kappa shape index (κ2) is 7.91. The van der Waals surface area contributed by atoms with Gasteiger partial charge in [0.05, 0.1) is 20.2 Å². The Morgan fingerprint density at radius 2 is 1.89 bits per heavy atom. The molecule has 0 radical (unpaired) electrons. The van der Waals surface area contributed by atoms with Crippen molar-refractivity contribution >= 4 is 11.9 Å². The number of methoxy groups -OCH3 is 1. The lowest BCUT2D eigenvalue weighted by atomic mass is 10.3. The fourth-order valence-electron chi connectivity index (χ4n) is 1.24. The van der Waals surface area contributed by atoms with Crippen LogP contribution in [0.3, 0.4) is 0 Å². The molecule has 18 heavy (non-hydrogen) atoms. The second-order valence-electron chi connectivity index (χ2n) is 3.68. The van der Waals surface area contributed by atoms with Crippen LogP contribution in [0.4, 0.5) is 13.2 Å². The molecule has 0 saturated carbocycles. The van der Waals surface area contributed by atoms with Gasteiger partial charge in [0.15, 0.2) is 0 Å². The second-order valence-corrected chi connectivity index (χ2v) is 3.68. The van der Waals surface area contributed by atoms with E-state index in [1.165, 1.54) is 12.0 Å². The van der Waals surface area contributed by atoms with E-state index in [-0.39, 0.29) is 13.1 Å². The van der Waals surface area contributed by atoms with Crippen molar-refractivity contribution < 1.29 is 27.5 Å². The molecule has 0 saturated heterocycles. The van der Waals surface area contributed by atoms with Crippen molar-refractivity contribution in [1.29, 1.82) is 0 Å². The number of nitrogens with one attached hydrogen (secondary N) is 1. The molecule has 1 amide bonds. The van der Waals surface area contributed by atoms with Gasteiger partial charge in [-0.25, -0.2) is 0 Å². The molecule has 0 rings (SSSR count). The molecule has 0 atom stereocenters. The lowest BCUT2D eigenvalue weighted by Gasteiger charge is -2.19. The van der Waals surface area contributed by atoms with Crippen molar-refractivity contribution in [3.8, 4) is 0 Å². The first-order valence-electron chi connectivity index (χ1n) is 5.41. The molecule has 106 valence electrons. The molecule has 0 fully saturated rings. The monoisotopic (exact) mass is 270 g/mol. The number of rotatable bonds is 7. The van der Waals surface area contributed by atoms with Crippen molar-refractivity contribution in [2.75, 3.05) is 33.3 Å². The predicted molar refractivity (Wildman–Crippen MR) is 57.8 cm³/mol. The topological polar surface area (TPSA) is 58.6 Å². The van der Waals surface area contributed by atoms with E-state index in [1.807, 2.05) is 6.92 Å². The van der Waals surface area contributed by atoms with Crippen LogP contribution in [0.1, 0.15) is 13.3 Å². The van der Waals surface area contributed by atoms with E-state index < -0.39 is 24.6 Å². The molecule has 0 aromatic carbocycles. The fraction of sp³-hybridized carbons (Fsp3) is 0.800.